The van der Waals surface area contributed by atoms with Crippen LogP contribution in [0.2, 0.25) is 0 Å². The molecule has 0 atom stereocenters. The van der Waals surface area contributed by atoms with E-state index in [1.54, 1.807) is 5.56 Å². The molecule has 2 heterocycles. The average Bonchev–Trinajstić information content (AvgIpc) is 2.28. The molecule has 1 aliphatic heterocycles. The Hall–Kier alpha value is -0.0500. The lowest BCUT2D eigenvalue weighted by molar-refractivity contribution is 0.683. The zero-order chi connectivity index (χ0) is 6.81. The molecule has 0 amide bonds. The molecule has 1 aliphatic rings. The first-order valence-electron chi connectivity index (χ1n) is 3.73. The number of nitrogens with one attached hydrogen (secondary N) is 1. The molecule has 0 saturated heterocycles. The number of hydrogen-bond acceptors (Lipinski definition) is 2. The summed E-state index contributed by atoms with van der Waals surface area (Å²) in [6.45, 7) is 2.27. The summed E-state index contributed by atoms with van der Waals surface area (Å²) in [4.78, 5) is 1.54. The normalized spacial score (nSPS) is 16.4. The van der Waals surface area contributed by atoms with Gasteiger partial charge in [0.15, 0.2) is 0 Å². The fraction of sp³-hybridized carbons (Fsp3) is 0.500. The van der Waals surface area contributed by atoms with Crippen molar-refractivity contribution in [2.24, 2.45) is 0 Å². The van der Waals surface area contributed by atoms with Crippen molar-refractivity contribution < 1.29 is 0 Å². The SMILES string of the molecule is Cl.c1cc2c(s1)CNCCC2. The van der Waals surface area contributed by atoms with Crippen LogP contribution < -0.4 is 5.32 Å². The topological polar surface area (TPSA) is 12.0 Å². The maximum Gasteiger partial charge on any atom is 0.0302 e. The predicted molar refractivity (Wildman–Crippen MR) is 51.6 cm³/mol. The van der Waals surface area contributed by atoms with Gasteiger partial charge >= 0.3 is 0 Å². The van der Waals surface area contributed by atoms with E-state index in [9.17, 15) is 0 Å². The number of hydrogen-bond donors (Lipinski definition) is 1. The van der Waals surface area contributed by atoms with Gasteiger partial charge in [0.2, 0.25) is 0 Å². The van der Waals surface area contributed by atoms with E-state index >= 15 is 0 Å². The highest BCUT2D eigenvalue weighted by Crippen LogP contribution is 2.19. The first-order chi connectivity index (χ1) is 4.97. The zero-order valence-electron chi connectivity index (χ0n) is 6.30. The zero-order valence-corrected chi connectivity index (χ0v) is 7.93. The van der Waals surface area contributed by atoms with Crippen molar-refractivity contribution in [2.45, 2.75) is 19.4 Å². The van der Waals surface area contributed by atoms with Gasteiger partial charge in [-0.15, -0.1) is 23.7 Å². The smallest absolute Gasteiger partial charge is 0.0302 e. The Morgan fingerprint density at radius 3 is 3.27 bits per heavy atom. The molecule has 1 nitrogen and oxygen atoms in total. The van der Waals surface area contributed by atoms with Gasteiger partial charge in [0, 0.05) is 11.4 Å². The summed E-state index contributed by atoms with van der Waals surface area (Å²) in [6, 6.07) is 2.26. The largest absolute Gasteiger partial charge is 0.312 e. The summed E-state index contributed by atoms with van der Waals surface area (Å²) in [7, 11) is 0. The van der Waals surface area contributed by atoms with Gasteiger partial charge in [0.05, 0.1) is 0 Å². The van der Waals surface area contributed by atoms with Gasteiger partial charge < -0.3 is 5.32 Å². The van der Waals surface area contributed by atoms with Crippen LogP contribution in [0.25, 0.3) is 0 Å². The molecule has 1 aromatic rings. The highest BCUT2D eigenvalue weighted by Gasteiger charge is 2.06. The van der Waals surface area contributed by atoms with Crippen LogP contribution in [0.5, 0.6) is 0 Å². The summed E-state index contributed by atoms with van der Waals surface area (Å²) in [6.07, 6.45) is 2.57. The van der Waals surface area contributed by atoms with Crippen molar-refractivity contribution in [3.05, 3.63) is 21.9 Å². The highest BCUT2D eigenvalue weighted by atomic mass is 35.5. The van der Waals surface area contributed by atoms with E-state index in [-0.39, 0.29) is 12.4 Å². The molecule has 0 bridgehead atoms. The first kappa shape index (κ1) is 9.04. The second-order valence-electron chi connectivity index (χ2n) is 2.65. The number of rotatable bonds is 0. The Bertz CT molecular complexity index is 201. The predicted octanol–water partition coefficient (Wildman–Crippen LogP) is 2.21. The summed E-state index contributed by atoms with van der Waals surface area (Å²) < 4.78 is 0. The van der Waals surface area contributed by atoms with Crippen molar-refractivity contribution in [3.63, 3.8) is 0 Å². The molecule has 0 aliphatic carbocycles. The fourth-order valence-corrected chi connectivity index (χ4v) is 2.25. The van der Waals surface area contributed by atoms with Crippen LogP contribution in [-0.2, 0) is 13.0 Å². The lowest BCUT2D eigenvalue weighted by Crippen LogP contribution is -2.11. The Morgan fingerprint density at radius 2 is 2.36 bits per heavy atom. The standard InChI is InChI=1S/C8H11NS.ClH/c1-2-7-3-5-10-8(7)6-9-4-1;/h3,5,9H,1-2,4,6H2;1H. The van der Waals surface area contributed by atoms with E-state index in [4.69, 9.17) is 0 Å². The highest BCUT2D eigenvalue weighted by molar-refractivity contribution is 7.10. The number of aryl methyl sites for hydroxylation is 1. The lowest BCUT2D eigenvalue weighted by Gasteiger charge is -1.94. The van der Waals surface area contributed by atoms with Gasteiger partial charge in [0.1, 0.15) is 0 Å². The molecule has 0 fully saturated rings. The maximum absolute atomic E-state index is 3.40. The molecule has 2 rings (SSSR count). The second-order valence-corrected chi connectivity index (χ2v) is 3.65. The second kappa shape index (κ2) is 4.10. The fourth-order valence-electron chi connectivity index (χ4n) is 1.35. The molecule has 3 heteroatoms. The third-order valence-electron chi connectivity index (χ3n) is 1.92. The van der Waals surface area contributed by atoms with Crippen LogP contribution in [0.3, 0.4) is 0 Å². The molecule has 62 valence electrons. The quantitative estimate of drug-likeness (QED) is 0.660. The molecule has 0 aromatic carbocycles. The Kier molecular flexibility index (Phi) is 3.37. The number of fused-ring (bicyclic) bond motifs is 1. The molecule has 1 aromatic heterocycles. The lowest BCUT2D eigenvalue weighted by atomic mass is 10.2. The van der Waals surface area contributed by atoms with Gasteiger partial charge in [-0.2, -0.15) is 0 Å². The van der Waals surface area contributed by atoms with E-state index < -0.39 is 0 Å². The molecule has 0 radical (unpaired) electrons. The Morgan fingerprint density at radius 1 is 1.45 bits per heavy atom. The van der Waals surface area contributed by atoms with E-state index in [2.05, 4.69) is 16.8 Å². The average molecular weight is 190 g/mol. The van der Waals surface area contributed by atoms with Gasteiger partial charge in [-0.1, -0.05) is 0 Å². The minimum Gasteiger partial charge on any atom is -0.312 e. The molecule has 11 heavy (non-hydrogen) atoms. The van der Waals surface area contributed by atoms with Crippen LogP contribution >= 0.6 is 23.7 Å². The van der Waals surface area contributed by atoms with Crippen LogP contribution in [0.15, 0.2) is 11.4 Å². The summed E-state index contributed by atoms with van der Waals surface area (Å²) in [5.74, 6) is 0. The van der Waals surface area contributed by atoms with Crippen molar-refractivity contribution >= 4 is 23.7 Å². The number of thiophene rings is 1. The minimum atomic E-state index is 0. The van der Waals surface area contributed by atoms with Gasteiger partial charge in [-0.25, -0.2) is 0 Å². The molecule has 0 unspecified atom stereocenters. The monoisotopic (exact) mass is 189 g/mol. The van der Waals surface area contributed by atoms with Gasteiger partial charge in [-0.3, -0.25) is 0 Å². The minimum absolute atomic E-state index is 0. The summed E-state index contributed by atoms with van der Waals surface area (Å²) in [5.41, 5.74) is 1.56. The van der Waals surface area contributed by atoms with Gasteiger partial charge in [0.25, 0.3) is 0 Å². The summed E-state index contributed by atoms with van der Waals surface area (Å²) >= 11 is 1.88. The van der Waals surface area contributed by atoms with Crippen molar-refractivity contribution in [3.8, 4) is 0 Å². The molecule has 0 saturated carbocycles. The van der Waals surface area contributed by atoms with Gasteiger partial charge in [-0.05, 0) is 36.4 Å². The van der Waals surface area contributed by atoms with E-state index in [0.29, 0.717) is 0 Å². The third-order valence-corrected chi connectivity index (χ3v) is 2.89. The molecule has 0 spiro atoms. The van der Waals surface area contributed by atoms with Crippen LogP contribution in [0.1, 0.15) is 16.9 Å². The van der Waals surface area contributed by atoms with E-state index in [1.807, 2.05) is 11.3 Å². The molecular formula is C8H12ClNS. The third kappa shape index (κ3) is 1.95. The molecular weight excluding hydrogens is 178 g/mol. The Labute approximate surface area is 77.2 Å². The Balaban J connectivity index is 0.000000605. The van der Waals surface area contributed by atoms with Crippen LogP contribution in [-0.4, -0.2) is 6.54 Å². The van der Waals surface area contributed by atoms with E-state index in [1.165, 1.54) is 24.3 Å². The van der Waals surface area contributed by atoms with E-state index in [0.717, 1.165) is 6.54 Å². The van der Waals surface area contributed by atoms with Crippen LogP contribution in [0, 0.1) is 0 Å². The van der Waals surface area contributed by atoms with Crippen LogP contribution in [0.4, 0.5) is 0 Å². The maximum atomic E-state index is 3.40. The summed E-state index contributed by atoms with van der Waals surface area (Å²) in [5, 5.41) is 5.59. The number of halogens is 1. The van der Waals surface area contributed by atoms with Crippen molar-refractivity contribution in [1.82, 2.24) is 5.32 Å². The van der Waals surface area contributed by atoms with Crippen molar-refractivity contribution in [1.29, 1.82) is 0 Å². The molecule has 1 N–H and O–H groups in total. The van der Waals surface area contributed by atoms with Crippen molar-refractivity contribution in [2.75, 3.05) is 6.54 Å². The first-order valence-corrected chi connectivity index (χ1v) is 4.61.